The van der Waals surface area contributed by atoms with Crippen LogP contribution in [0, 0.1) is 13.8 Å². The fourth-order valence-corrected chi connectivity index (χ4v) is 2.24. The molecule has 0 radical (unpaired) electrons. The summed E-state index contributed by atoms with van der Waals surface area (Å²) in [5, 5.41) is 3.39. The minimum Gasteiger partial charge on any atom is -0.450 e. The molecule has 0 aromatic carbocycles. The SMILES string of the molecule is CCOC(=O)N1CCC(Nc2cnc(C)c(C)n2)CC1. The first-order chi connectivity index (χ1) is 9.60. The average molecular weight is 278 g/mol. The highest BCUT2D eigenvalue weighted by molar-refractivity contribution is 5.67. The fraction of sp³-hybridized carbons (Fsp3) is 0.643. The minimum absolute atomic E-state index is 0.211. The molecule has 1 amide bonds. The molecule has 0 bridgehead atoms. The predicted octanol–water partition coefficient (Wildman–Crippen LogP) is 2.13. The Hall–Kier alpha value is -1.85. The van der Waals surface area contributed by atoms with Gasteiger partial charge in [-0.05, 0) is 33.6 Å². The van der Waals surface area contributed by atoms with E-state index >= 15 is 0 Å². The monoisotopic (exact) mass is 278 g/mol. The van der Waals surface area contributed by atoms with E-state index in [2.05, 4.69) is 15.3 Å². The number of aryl methyl sites for hydroxylation is 2. The third kappa shape index (κ3) is 3.59. The number of carbonyl (C=O) groups excluding carboxylic acids is 1. The van der Waals surface area contributed by atoms with Crippen LogP contribution in [0.1, 0.15) is 31.2 Å². The van der Waals surface area contributed by atoms with Crippen LogP contribution < -0.4 is 5.32 Å². The van der Waals surface area contributed by atoms with Crippen molar-refractivity contribution < 1.29 is 9.53 Å². The maximum absolute atomic E-state index is 11.6. The highest BCUT2D eigenvalue weighted by Crippen LogP contribution is 2.16. The van der Waals surface area contributed by atoms with E-state index in [9.17, 15) is 4.79 Å². The van der Waals surface area contributed by atoms with Gasteiger partial charge >= 0.3 is 6.09 Å². The van der Waals surface area contributed by atoms with Crippen molar-refractivity contribution in [1.29, 1.82) is 0 Å². The number of likely N-dealkylation sites (tertiary alicyclic amines) is 1. The molecule has 110 valence electrons. The second-order valence-electron chi connectivity index (χ2n) is 5.03. The van der Waals surface area contributed by atoms with Gasteiger partial charge in [-0.15, -0.1) is 0 Å². The van der Waals surface area contributed by atoms with E-state index in [1.807, 2.05) is 20.8 Å². The number of hydrogen-bond donors (Lipinski definition) is 1. The number of anilines is 1. The van der Waals surface area contributed by atoms with E-state index < -0.39 is 0 Å². The first-order valence-corrected chi connectivity index (χ1v) is 7.08. The van der Waals surface area contributed by atoms with Crippen LogP contribution in [-0.4, -0.2) is 46.7 Å². The van der Waals surface area contributed by atoms with Crippen LogP contribution >= 0.6 is 0 Å². The van der Waals surface area contributed by atoms with Gasteiger partial charge in [-0.1, -0.05) is 0 Å². The van der Waals surface area contributed by atoms with Crippen molar-refractivity contribution in [3.8, 4) is 0 Å². The van der Waals surface area contributed by atoms with E-state index in [1.54, 1.807) is 11.1 Å². The molecule has 0 spiro atoms. The highest BCUT2D eigenvalue weighted by atomic mass is 16.6. The zero-order valence-corrected chi connectivity index (χ0v) is 12.3. The van der Waals surface area contributed by atoms with Crippen LogP contribution in [0.3, 0.4) is 0 Å². The molecule has 1 fully saturated rings. The Morgan fingerprint density at radius 1 is 1.40 bits per heavy atom. The third-order valence-electron chi connectivity index (χ3n) is 3.57. The highest BCUT2D eigenvalue weighted by Gasteiger charge is 2.23. The summed E-state index contributed by atoms with van der Waals surface area (Å²) in [5.74, 6) is 0.808. The Balaban J connectivity index is 1.85. The molecule has 1 aliphatic heterocycles. The van der Waals surface area contributed by atoms with Crippen molar-refractivity contribution in [3.63, 3.8) is 0 Å². The van der Waals surface area contributed by atoms with Gasteiger partial charge in [0, 0.05) is 19.1 Å². The zero-order valence-electron chi connectivity index (χ0n) is 12.3. The molecule has 1 aromatic heterocycles. The number of aromatic nitrogens is 2. The van der Waals surface area contributed by atoms with E-state index in [0.29, 0.717) is 12.6 Å². The van der Waals surface area contributed by atoms with Gasteiger partial charge in [-0.25, -0.2) is 9.78 Å². The molecule has 0 unspecified atom stereocenters. The van der Waals surface area contributed by atoms with Crippen LogP contribution in [0.5, 0.6) is 0 Å². The lowest BCUT2D eigenvalue weighted by atomic mass is 10.1. The van der Waals surface area contributed by atoms with Gasteiger partial charge < -0.3 is 15.0 Å². The number of hydrogen-bond acceptors (Lipinski definition) is 5. The second-order valence-corrected chi connectivity index (χ2v) is 5.03. The smallest absolute Gasteiger partial charge is 0.409 e. The molecular weight excluding hydrogens is 256 g/mol. The van der Waals surface area contributed by atoms with E-state index in [1.165, 1.54) is 0 Å². The van der Waals surface area contributed by atoms with E-state index in [4.69, 9.17) is 4.74 Å². The number of carbonyl (C=O) groups is 1. The first kappa shape index (κ1) is 14.6. The minimum atomic E-state index is -0.211. The Morgan fingerprint density at radius 2 is 2.10 bits per heavy atom. The molecule has 0 atom stereocenters. The van der Waals surface area contributed by atoms with Crippen molar-refractivity contribution >= 4 is 11.9 Å². The largest absolute Gasteiger partial charge is 0.450 e. The molecule has 1 saturated heterocycles. The van der Waals surface area contributed by atoms with Crippen molar-refractivity contribution in [2.24, 2.45) is 0 Å². The number of nitrogens with zero attached hydrogens (tertiary/aromatic N) is 3. The summed E-state index contributed by atoms with van der Waals surface area (Å²) in [6, 6.07) is 0.331. The fourth-order valence-electron chi connectivity index (χ4n) is 2.24. The Bertz CT molecular complexity index is 470. The lowest BCUT2D eigenvalue weighted by molar-refractivity contribution is 0.0983. The van der Waals surface area contributed by atoms with Crippen molar-refractivity contribution in [2.45, 2.75) is 39.7 Å². The van der Waals surface area contributed by atoms with Crippen LogP contribution in [0.2, 0.25) is 0 Å². The number of amides is 1. The molecule has 1 aromatic rings. The Labute approximate surface area is 119 Å². The van der Waals surface area contributed by atoms with Gasteiger partial charge in [0.25, 0.3) is 0 Å². The summed E-state index contributed by atoms with van der Waals surface area (Å²) >= 11 is 0. The molecule has 2 heterocycles. The molecule has 20 heavy (non-hydrogen) atoms. The average Bonchev–Trinajstić information content (AvgIpc) is 2.44. The Morgan fingerprint density at radius 3 is 2.70 bits per heavy atom. The summed E-state index contributed by atoms with van der Waals surface area (Å²) in [6.07, 6.45) is 3.35. The summed E-state index contributed by atoms with van der Waals surface area (Å²) in [7, 11) is 0. The summed E-state index contributed by atoms with van der Waals surface area (Å²) in [6.45, 7) is 7.59. The quantitative estimate of drug-likeness (QED) is 0.917. The van der Waals surface area contributed by atoms with Gasteiger partial charge in [0.1, 0.15) is 5.82 Å². The van der Waals surface area contributed by atoms with Crippen molar-refractivity contribution in [2.75, 3.05) is 25.0 Å². The zero-order chi connectivity index (χ0) is 14.5. The van der Waals surface area contributed by atoms with Gasteiger partial charge in [-0.3, -0.25) is 4.98 Å². The van der Waals surface area contributed by atoms with Gasteiger partial charge in [0.2, 0.25) is 0 Å². The van der Waals surface area contributed by atoms with Crippen molar-refractivity contribution in [1.82, 2.24) is 14.9 Å². The number of ether oxygens (including phenoxy) is 1. The van der Waals surface area contributed by atoms with Crippen LogP contribution in [0.15, 0.2) is 6.20 Å². The number of piperidine rings is 1. The maximum atomic E-state index is 11.6. The molecule has 1 N–H and O–H groups in total. The van der Waals surface area contributed by atoms with Gasteiger partial charge in [0.05, 0.1) is 24.2 Å². The molecule has 6 heteroatoms. The Kier molecular flexibility index (Phi) is 4.76. The molecule has 6 nitrogen and oxygen atoms in total. The summed E-state index contributed by atoms with van der Waals surface area (Å²) < 4.78 is 5.01. The lowest BCUT2D eigenvalue weighted by Gasteiger charge is -2.31. The standard InChI is InChI=1S/C14H22N4O2/c1-4-20-14(19)18-7-5-12(6-8-18)17-13-9-15-10(2)11(3)16-13/h9,12H,4-8H2,1-3H3,(H,16,17). The van der Waals surface area contributed by atoms with Crippen molar-refractivity contribution in [3.05, 3.63) is 17.6 Å². The predicted molar refractivity (Wildman–Crippen MR) is 76.7 cm³/mol. The molecule has 2 rings (SSSR count). The molecule has 0 aliphatic carbocycles. The maximum Gasteiger partial charge on any atom is 0.409 e. The molecular formula is C14H22N4O2. The molecule has 1 aliphatic rings. The van der Waals surface area contributed by atoms with E-state index in [0.717, 1.165) is 43.1 Å². The van der Waals surface area contributed by atoms with Gasteiger partial charge in [0.15, 0.2) is 0 Å². The second kappa shape index (κ2) is 6.54. The summed E-state index contributed by atoms with van der Waals surface area (Å²) in [4.78, 5) is 22.1. The number of nitrogens with one attached hydrogen (secondary N) is 1. The van der Waals surface area contributed by atoms with Crippen LogP contribution in [0.4, 0.5) is 10.6 Å². The lowest BCUT2D eigenvalue weighted by Crippen LogP contribution is -2.42. The van der Waals surface area contributed by atoms with E-state index in [-0.39, 0.29) is 6.09 Å². The molecule has 0 saturated carbocycles. The summed E-state index contributed by atoms with van der Waals surface area (Å²) in [5.41, 5.74) is 1.90. The van der Waals surface area contributed by atoms with Crippen LogP contribution in [0.25, 0.3) is 0 Å². The number of rotatable bonds is 3. The third-order valence-corrected chi connectivity index (χ3v) is 3.57. The van der Waals surface area contributed by atoms with Crippen LogP contribution in [-0.2, 0) is 4.74 Å². The first-order valence-electron chi connectivity index (χ1n) is 7.08. The normalized spacial score (nSPS) is 16.1. The van der Waals surface area contributed by atoms with Gasteiger partial charge in [-0.2, -0.15) is 0 Å². The topological polar surface area (TPSA) is 67.3 Å².